The van der Waals surface area contributed by atoms with E-state index >= 15 is 0 Å². The van der Waals surface area contributed by atoms with Crippen LogP contribution in [0.25, 0.3) is 0 Å². The van der Waals surface area contributed by atoms with Crippen LogP contribution in [0, 0.1) is 0 Å². The molecular weight excluding hydrogens is 685 g/mol. The van der Waals surface area contributed by atoms with Gasteiger partial charge in [-0.25, -0.2) is 4.57 Å². The highest BCUT2D eigenvalue weighted by Crippen LogP contribution is 2.43. The number of nitrogens with zero attached hydrogens (tertiary/aromatic N) is 1. The molecule has 0 fully saturated rings. The highest BCUT2D eigenvalue weighted by molar-refractivity contribution is 7.47. The molecule has 4 atom stereocenters. The summed E-state index contributed by atoms with van der Waals surface area (Å²) in [6, 6.07) is 0. The third-order valence-electron chi connectivity index (χ3n) is 9.00. The van der Waals surface area contributed by atoms with Crippen LogP contribution in [-0.2, 0) is 32.7 Å². The lowest BCUT2D eigenvalue weighted by Crippen LogP contribution is -2.37. The monoisotopic (exact) mass is 765 g/mol. The second-order valence-electron chi connectivity index (χ2n) is 15.3. The first kappa shape index (κ1) is 50.7. The van der Waals surface area contributed by atoms with Crippen molar-refractivity contribution >= 4 is 19.8 Å². The number of esters is 2. The number of aliphatic hydroxyl groups is 2. The van der Waals surface area contributed by atoms with Crippen LogP contribution in [0.5, 0.6) is 0 Å². The van der Waals surface area contributed by atoms with E-state index in [1.165, 1.54) is 64.2 Å². The first-order valence-corrected chi connectivity index (χ1v) is 22.1. The lowest BCUT2D eigenvalue weighted by atomic mass is 10.0. The van der Waals surface area contributed by atoms with Crippen molar-refractivity contribution in [2.24, 2.45) is 0 Å². The van der Waals surface area contributed by atoms with Gasteiger partial charge in [-0.05, 0) is 38.5 Å². The topological polar surface area (TPSA) is 149 Å². The molecule has 3 N–H and O–H groups in total. The minimum atomic E-state index is -4.40. The van der Waals surface area contributed by atoms with Crippen molar-refractivity contribution in [1.29, 1.82) is 0 Å². The maximum absolute atomic E-state index is 12.7. The van der Waals surface area contributed by atoms with Gasteiger partial charge in [0.1, 0.15) is 19.8 Å². The zero-order chi connectivity index (χ0) is 38.9. The molecule has 0 aromatic carbocycles. The number of carbonyl (C=O) groups excluding carboxylic acids is 2. The standard InChI is InChI=1S/C40H78NO10P/c1-6-8-10-12-14-15-16-17-18-22-26-30-39(44)48-34-36(35-50-52(46,47)49-33-32-41(3,4)5)51-40(45)31-27-23-19-21-25-29-38(43)37(42)28-24-20-13-11-9-7-2/h20,24,36-38,42-43H,6-19,21-23,25-35H2,1-5H3/p+1/b24-20-/t36-,37+,38+/m1/s1. The summed E-state index contributed by atoms with van der Waals surface area (Å²) in [6.07, 6.45) is 24.2. The molecule has 0 rings (SSSR count). The number of unbranched alkanes of at least 4 members (excludes halogenated alkanes) is 17. The van der Waals surface area contributed by atoms with Crippen LogP contribution in [0.2, 0.25) is 0 Å². The van der Waals surface area contributed by atoms with Crippen molar-refractivity contribution in [2.75, 3.05) is 47.5 Å². The first-order valence-electron chi connectivity index (χ1n) is 20.6. The Kier molecular flexibility index (Phi) is 32.2. The van der Waals surface area contributed by atoms with Gasteiger partial charge in [-0.15, -0.1) is 0 Å². The number of carbonyl (C=O) groups is 2. The molecule has 0 aromatic rings. The highest BCUT2D eigenvalue weighted by Gasteiger charge is 2.27. The van der Waals surface area contributed by atoms with Gasteiger partial charge >= 0.3 is 19.8 Å². The van der Waals surface area contributed by atoms with E-state index in [1.807, 2.05) is 27.2 Å². The number of likely N-dealkylation sites (N-methyl/N-ethyl adjacent to an activating group) is 1. The zero-order valence-electron chi connectivity index (χ0n) is 33.8. The number of ether oxygens (including phenoxy) is 2. The summed E-state index contributed by atoms with van der Waals surface area (Å²) in [4.78, 5) is 35.2. The smallest absolute Gasteiger partial charge is 0.462 e. The Morgan fingerprint density at radius 2 is 1.17 bits per heavy atom. The minimum Gasteiger partial charge on any atom is -0.462 e. The molecule has 0 aromatic heterocycles. The molecular formula is C40H79NO10P+. The van der Waals surface area contributed by atoms with E-state index < -0.39 is 44.7 Å². The Hall–Kier alpha value is -1.33. The molecule has 0 amide bonds. The lowest BCUT2D eigenvalue weighted by molar-refractivity contribution is -0.870. The molecule has 0 saturated heterocycles. The van der Waals surface area contributed by atoms with E-state index in [2.05, 4.69) is 19.9 Å². The molecule has 0 spiro atoms. The van der Waals surface area contributed by atoms with Crippen LogP contribution in [0.15, 0.2) is 12.2 Å². The van der Waals surface area contributed by atoms with Gasteiger partial charge in [0, 0.05) is 12.8 Å². The summed E-state index contributed by atoms with van der Waals surface area (Å²) < 4.78 is 34.1. The Bertz CT molecular complexity index is 942. The van der Waals surface area contributed by atoms with E-state index in [1.54, 1.807) is 0 Å². The third kappa shape index (κ3) is 34.4. The van der Waals surface area contributed by atoms with Gasteiger partial charge in [0.05, 0.1) is 40.0 Å². The maximum Gasteiger partial charge on any atom is 0.472 e. The van der Waals surface area contributed by atoms with Gasteiger partial charge in [-0.3, -0.25) is 18.6 Å². The van der Waals surface area contributed by atoms with Crippen LogP contribution >= 0.6 is 7.82 Å². The number of allylic oxidation sites excluding steroid dienone is 1. The van der Waals surface area contributed by atoms with E-state index in [0.717, 1.165) is 57.8 Å². The van der Waals surface area contributed by atoms with Gasteiger partial charge in [0.25, 0.3) is 0 Å². The quantitative estimate of drug-likeness (QED) is 0.0184. The van der Waals surface area contributed by atoms with Crippen molar-refractivity contribution in [3.8, 4) is 0 Å². The number of phosphoric ester groups is 1. The van der Waals surface area contributed by atoms with Gasteiger partial charge in [-0.1, -0.05) is 129 Å². The predicted molar refractivity (Wildman–Crippen MR) is 209 cm³/mol. The molecule has 0 aliphatic heterocycles. The molecule has 0 saturated carbocycles. The molecule has 0 aliphatic carbocycles. The Labute approximate surface area is 317 Å². The van der Waals surface area contributed by atoms with E-state index in [0.29, 0.717) is 30.3 Å². The SMILES string of the molecule is CCCCC/C=C\C[C@H](O)[C@@H](O)CCCCCCCC(=O)O[C@H](COC(=O)CCCCCCCCCCCCC)COP(=O)(O)OCC[N+](C)(C)C. The second-order valence-corrected chi connectivity index (χ2v) is 16.8. The number of quaternary nitrogens is 1. The van der Waals surface area contributed by atoms with Crippen LogP contribution in [-0.4, -0.2) is 97.3 Å². The molecule has 0 bridgehead atoms. The molecule has 0 heterocycles. The summed E-state index contributed by atoms with van der Waals surface area (Å²) >= 11 is 0. The van der Waals surface area contributed by atoms with Crippen LogP contribution in [0.4, 0.5) is 0 Å². The van der Waals surface area contributed by atoms with Gasteiger partial charge in [0.2, 0.25) is 0 Å². The van der Waals surface area contributed by atoms with Gasteiger partial charge < -0.3 is 29.1 Å². The average molecular weight is 765 g/mol. The van der Waals surface area contributed by atoms with Crippen molar-refractivity contribution < 1.29 is 52.3 Å². The van der Waals surface area contributed by atoms with Crippen LogP contribution in [0.1, 0.15) is 168 Å². The Morgan fingerprint density at radius 1 is 0.654 bits per heavy atom. The Balaban J connectivity index is 4.52. The molecule has 308 valence electrons. The summed E-state index contributed by atoms with van der Waals surface area (Å²) in [5.74, 6) is -0.908. The van der Waals surface area contributed by atoms with Crippen molar-refractivity contribution in [3.05, 3.63) is 12.2 Å². The second kappa shape index (κ2) is 33.0. The zero-order valence-corrected chi connectivity index (χ0v) is 34.7. The number of hydrogen-bond acceptors (Lipinski definition) is 9. The fourth-order valence-electron chi connectivity index (χ4n) is 5.57. The molecule has 0 aliphatic rings. The van der Waals surface area contributed by atoms with Gasteiger partial charge in [0.15, 0.2) is 6.10 Å². The number of rotatable bonds is 37. The van der Waals surface area contributed by atoms with E-state index in [4.69, 9.17) is 18.5 Å². The van der Waals surface area contributed by atoms with Crippen molar-refractivity contribution in [2.45, 2.75) is 186 Å². The van der Waals surface area contributed by atoms with Crippen molar-refractivity contribution in [3.63, 3.8) is 0 Å². The number of hydrogen-bond donors (Lipinski definition) is 3. The minimum absolute atomic E-state index is 0.00571. The summed E-state index contributed by atoms with van der Waals surface area (Å²) in [7, 11) is 1.38. The number of phosphoric acid groups is 1. The molecule has 12 heteroatoms. The van der Waals surface area contributed by atoms with Crippen molar-refractivity contribution in [1.82, 2.24) is 0 Å². The summed E-state index contributed by atoms with van der Waals surface area (Å²) in [5.41, 5.74) is 0. The highest BCUT2D eigenvalue weighted by atomic mass is 31.2. The third-order valence-corrected chi connectivity index (χ3v) is 9.98. The fraction of sp³-hybridized carbons (Fsp3) is 0.900. The first-order chi connectivity index (χ1) is 24.8. The van der Waals surface area contributed by atoms with Crippen LogP contribution < -0.4 is 0 Å². The molecule has 11 nitrogen and oxygen atoms in total. The van der Waals surface area contributed by atoms with E-state index in [9.17, 15) is 29.3 Å². The normalized spacial score (nSPS) is 15.0. The molecule has 0 radical (unpaired) electrons. The number of aliphatic hydroxyl groups excluding tert-OH is 2. The predicted octanol–water partition coefficient (Wildman–Crippen LogP) is 8.96. The maximum atomic E-state index is 12.7. The lowest BCUT2D eigenvalue weighted by Gasteiger charge is -2.24. The Morgan fingerprint density at radius 3 is 1.75 bits per heavy atom. The molecule has 1 unspecified atom stereocenters. The van der Waals surface area contributed by atoms with Crippen LogP contribution in [0.3, 0.4) is 0 Å². The largest absolute Gasteiger partial charge is 0.472 e. The fourth-order valence-corrected chi connectivity index (χ4v) is 6.31. The van der Waals surface area contributed by atoms with Gasteiger partial charge in [-0.2, -0.15) is 0 Å². The molecule has 52 heavy (non-hydrogen) atoms. The average Bonchev–Trinajstić information content (AvgIpc) is 3.08. The summed E-state index contributed by atoms with van der Waals surface area (Å²) in [5, 5.41) is 20.4. The van der Waals surface area contributed by atoms with E-state index in [-0.39, 0.29) is 26.1 Å². The summed E-state index contributed by atoms with van der Waals surface area (Å²) in [6.45, 7) is 4.17.